The highest BCUT2D eigenvalue weighted by Crippen LogP contribution is 2.34. The van der Waals surface area contributed by atoms with Gasteiger partial charge in [0.2, 0.25) is 5.88 Å². The van der Waals surface area contributed by atoms with Crippen LogP contribution in [0.25, 0.3) is 0 Å². The summed E-state index contributed by atoms with van der Waals surface area (Å²) < 4.78 is 37.9. The van der Waals surface area contributed by atoms with Gasteiger partial charge in [-0.3, -0.25) is 4.79 Å². The Hall–Kier alpha value is -2.41. The Morgan fingerprint density at radius 1 is 1.43 bits per heavy atom. The molecule has 1 unspecified atom stereocenters. The van der Waals surface area contributed by atoms with Gasteiger partial charge in [0.1, 0.15) is 23.4 Å². The molecule has 1 aromatic heterocycles. The molecule has 0 fully saturated rings. The number of hydrogen-bond acceptors (Lipinski definition) is 7. The lowest BCUT2D eigenvalue weighted by atomic mass is 9.95. The van der Waals surface area contributed by atoms with Gasteiger partial charge in [-0.1, -0.05) is 11.6 Å². The van der Waals surface area contributed by atoms with Crippen LogP contribution in [-0.2, 0) is 45.2 Å². The van der Waals surface area contributed by atoms with Crippen molar-refractivity contribution in [3.63, 3.8) is 0 Å². The van der Waals surface area contributed by atoms with E-state index in [0.29, 0.717) is 22.7 Å². The van der Waals surface area contributed by atoms with E-state index in [2.05, 4.69) is 11.2 Å². The van der Waals surface area contributed by atoms with Crippen LogP contribution in [0.5, 0.6) is 5.88 Å². The van der Waals surface area contributed by atoms with E-state index in [1.807, 2.05) is 0 Å². The maximum absolute atomic E-state index is 12.9. The Labute approximate surface area is 179 Å². The van der Waals surface area contributed by atoms with Gasteiger partial charge >= 0.3 is 0 Å². The van der Waals surface area contributed by atoms with Crippen LogP contribution in [0.1, 0.15) is 28.7 Å². The standard InChI is InChI=1S/C20H20ClN3O5S/c1-28-14-9-24-20(29-10-14)19(8-23-24)30(26,27)11-13(25)6-17-16-4-2-3-15(16)12(7-22)5-18(17)21/h5,8,14H,2-4,6,9-11H2,1H3. The molecule has 0 amide bonds. The van der Waals surface area contributed by atoms with E-state index in [9.17, 15) is 18.5 Å². The molecule has 158 valence electrons. The molecule has 10 heteroatoms. The van der Waals surface area contributed by atoms with Crippen LogP contribution in [0.2, 0.25) is 5.02 Å². The molecule has 0 saturated heterocycles. The minimum atomic E-state index is -3.94. The fraction of sp³-hybridized carbons (Fsp3) is 0.450. The number of rotatable bonds is 6. The zero-order valence-electron chi connectivity index (χ0n) is 16.4. The van der Waals surface area contributed by atoms with Crippen molar-refractivity contribution in [2.75, 3.05) is 19.5 Å². The third-order valence-corrected chi connectivity index (χ3v) is 7.51. The number of Topliss-reactive ketones (excluding diaryl/α,β-unsaturated/α-hetero) is 1. The third kappa shape index (κ3) is 3.71. The number of sulfone groups is 1. The Morgan fingerprint density at radius 2 is 2.20 bits per heavy atom. The number of methoxy groups -OCH3 is 1. The summed E-state index contributed by atoms with van der Waals surface area (Å²) in [6, 6.07) is 3.71. The van der Waals surface area contributed by atoms with Gasteiger partial charge in [-0.05, 0) is 42.0 Å². The molecule has 2 aromatic rings. The van der Waals surface area contributed by atoms with Crippen molar-refractivity contribution in [1.29, 1.82) is 5.26 Å². The molecule has 2 heterocycles. The molecule has 0 N–H and O–H groups in total. The number of hydrogen-bond donors (Lipinski definition) is 0. The molecule has 0 bridgehead atoms. The first-order valence-corrected chi connectivity index (χ1v) is 11.6. The van der Waals surface area contributed by atoms with Crippen LogP contribution < -0.4 is 4.74 Å². The second-order valence-corrected chi connectivity index (χ2v) is 9.81. The van der Waals surface area contributed by atoms with Gasteiger partial charge < -0.3 is 9.47 Å². The lowest BCUT2D eigenvalue weighted by molar-refractivity contribution is -0.116. The first-order chi connectivity index (χ1) is 14.3. The zero-order chi connectivity index (χ0) is 21.5. The van der Waals surface area contributed by atoms with Crippen molar-refractivity contribution < 1.29 is 22.7 Å². The first-order valence-electron chi connectivity index (χ1n) is 9.53. The van der Waals surface area contributed by atoms with Gasteiger partial charge in [0, 0.05) is 18.6 Å². The SMILES string of the molecule is COC1COc2c(S(=O)(=O)CC(=O)Cc3c(Cl)cc(C#N)c4c3CCC4)cnn2C1. The number of benzene rings is 1. The summed E-state index contributed by atoms with van der Waals surface area (Å²) in [6.45, 7) is 0.591. The quantitative estimate of drug-likeness (QED) is 0.661. The van der Waals surface area contributed by atoms with Crippen LogP contribution in [0.15, 0.2) is 17.2 Å². The van der Waals surface area contributed by atoms with E-state index in [0.717, 1.165) is 30.4 Å². The van der Waals surface area contributed by atoms with Crippen LogP contribution in [0, 0.1) is 11.3 Å². The average Bonchev–Trinajstić information content (AvgIpc) is 3.36. The minimum absolute atomic E-state index is 0.0951. The Bertz CT molecular complexity index is 1170. The third-order valence-electron chi connectivity index (χ3n) is 5.52. The largest absolute Gasteiger partial charge is 0.474 e. The number of nitriles is 1. The predicted octanol–water partition coefficient (Wildman–Crippen LogP) is 1.89. The molecule has 2 aliphatic rings. The lowest BCUT2D eigenvalue weighted by Crippen LogP contribution is -2.32. The average molecular weight is 450 g/mol. The predicted molar refractivity (Wildman–Crippen MR) is 107 cm³/mol. The number of ketones is 1. The molecule has 0 saturated carbocycles. The number of nitrogens with zero attached hydrogens (tertiary/aromatic N) is 3. The molecule has 0 radical (unpaired) electrons. The van der Waals surface area contributed by atoms with Crippen LogP contribution in [0.3, 0.4) is 0 Å². The number of ether oxygens (including phenoxy) is 2. The highest BCUT2D eigenvalue weighted by Gasteiger charge is 2.32. The lowest BCUT2D eigenvalue weighted by Gasteiger charge is -2.23. The van der Waals surface area contributed by atoms with E-state index in [1.54, 1.807) is 13.2 Å². The summed E-state index contributed by atoms with van der Waals surface area (Å²) in [5.74, 6) is -1.01. The zero-order valence-corrected chi connectivity index (χ0v) is 17.9. The Morgan fingerprint density at radius 3 is 2.93 bits per heavy atom. The summed E-state index contributed by atoms with van der Waals surface area (Å²) in [5.41, 5.74) is 2.97. The van der Waals surface area contributed by atoms with Gasteiger partial charge in [0.15, 0.2) is 15.6 Å². The van der Waals surface area contributed by atoms with Crippen LogP contribution in [-0.4, -0.2) is 49.6 Å². The molecule has 1 aromatic carbocycles. The minimum Gasteiger partial charge on any atom is -0.474 e. The van der Waals surface area contributed by atoms with Gasteiger partial charge in [-0.25, -0.2) is 13.1 Å². The van der Waals surface area contributed by atoms with Crippen molar-refractivity contribution in [3.8, 4) is 11.9 Å². The van der Waals surface area contributed by atoms with Gasteiger partial charge in [-0.15, -0.1) is 0 Å². The number of carbonyl (C=O) groups is 1. The van der Waals surface area contributed by atoms with E-state index in [4.69, 9.17) is 21.1 Å². The van der Waals surface area contributed by atoms with Crippen molar-refractivity contribution >= 4 is 27.2 Å². The van der Waals surface area contributed by atoms with E-state index < -0.39 is 21.4 Å². The van der Waals surface area contributed by atoms with Gasteiger partial charge in [0.05, 0.1) is 24.4 Å². The van der Waals surface area contributed by atoms with Crippen molar-refractivity contribution in [3.05, 3.63) is 39.5 Å². The molecular formula is C20H20ClN3O5S. The van der Waals surface area contributed by atoms with Crippen LogP contribution in [0.4, 0.5) is 0 Å². The monoisotopic (exact) mass is 449 g/mol. The van der Waals surface area contributed by atoms with Crippen molar-refractivity contribution in [1.82, 2.24) is 9.78 Å². The first kappa shape index (κ1) is 20.8. The Balaban J connectivity index is 1.55. The van der Waals surface area contributed by atoms with E-state index in [1.165, 1.54) is 10.9 Å². The summed E-state index contributed by atoms with van der Waals surface area (Å²) in [4.78, 5) is 12.6. The van der Waals surface area contributed by atoms with E-state index >= 15 is 0 Å². The maximum atomic E-state index is 12.9. The highest BCUT2D eigenvalue weighted by molar-refractivity contribution is 7.92. The smallest absolute Gasteiger partial charge is 0.231 e. The molecule has 1 aliphatic carbocycles. The molecule has 30 heavy (non-hydrogen) atoms. The summed E-state index contributed by atoms with van der Waals surface area (Å²) >= 11 is 6.33. The molecule has 1 aliphatic heterocycles. The fourth-order valence-electron chi connectivity index (χ4n) is 4.05. The van der Waals surface area contributed by atoms with Crippen molar-refractivity contribution in [2.45, 2.75) is 43.2 Å². The number of aromatic nitrogens is 2. The second kappa shape index (κ2) is 8.02. The normalized spacial score (nSPS) is 17.7. The van der Waals surface area contributed by atoms with Crippen molar-refractivity contribution in [2.24, 2.45) is 0 Å². The Kier molecular flexibility index (Phi) is 5.57. The maximum Gasteiger partial charge on any atom is 0.231 e. The number of halogens is 1. The number of carbonyl (C=O) groups excluding carboxylic acids is 1. The highest BCUT2D eigenvalue weighted by atomic mass is 35.5. The molecule has 8 nitrogen and oxygen atoms in total. The second-order valence-electron chi connectivity index (χ2n) is 7.45. The van der Waals surface area contributed by atoms with Gasteiger partial charge in [-0.2, -0.15) is 10.4 Å². The molecule has 4 rings (SSSR count). The fourth-order valence-corrected chi connectivity index (χ4v) is 5.66. The topological polar surface area (TPSA) is 111 Å². The summed E-state index contributed by atoms with van der Waals surface area (Å²) in [7, 11) is -2.39. The van der Waals surface area contributed by atoms with E-state index in [-0.39, 0.29) is 29.9 Å². The summed E-state index contributed by atoms with van der Waals surface area (Å²) in [6.07, 6.45) is 3.27. The summed E-state index contributed by atoms with van der Waals surface area (Å²) in [5, 5.41) is 13.7. The molecule has 1 atom stereocenters. The molecule has 0 spiro atoms. The number of fused-ring (bicyclic) bond motifs is 2. The molecular weight excluding hydrogens is 430 g/mol. The van der Waals surface area contributed by atoms with Crippen LogP contribution >= 0.6 is 11.6 Å². The van der Waals surface area contributed by atoms with Gasteiger partial charge in [0.25, 0.3) is 0 Å².